The van der Waals surface area contributed by atoms with Crippen LogP contribution in [0.5, 0.6) is 0 Å². The monoisotopic (exact) mass is 704 g/mol. The molecule has 0 aromatic rings. The van der Waals surface area contributed by atoms with Crippen LogP contribution in [0.3, 0.4) is 0 Å². The van der Waals surface area contributed by atoms with Crippen molar-refractivity contribution in [2.75, 3.05) is 5.75 Å². The van der Waals surface area contributed by atoms with Gasteiger partial charge in [0.1, 0.15) is 0 Å². The molecule has 6 nitrogen and oxygen atoms in total. The van der Waals surface area contributed by atoms with E-state index >= 15 is 0 Å². The Labute approximate surface area is 302 Å². The lowest BCUT2D eigenvalue weighted by Crippen LogP contribution is -2.46. The Balaban J connectivity index is 4.06. The number of carbonyl (C=O) groups is 1. The number of nitrogens with one attached hydrogen (secondary N) is 1. The molecule has 0 saturated heterocycles. The molecule has 0 spiro atoms. The highest BCUT2D eigenvalue weighted by Crippen LogP contribution is 2.12. The third-order valence-corrected chi connectivity index (χ3v) is 9.12. The summed E-state index contributed by atoms with van der Waals surface area (Å²) in [4.78, 5) is 12.4. The molecule has 0 aliphatic heterocycles. The topological polar surface area (TPSA) is 104 Å². The van der Waals surface area contributed by atoms with Gasteiger partial charge >= 0.3 is 0 Å². The Morgan fingerprint density at radius 3 is 1.53 bits per heavy atom. The molecule has 0 radical (unpaired) electrons. The van der Waals surface area contributed by atoms with Crippen LogP contribution < -0.4 is 5.32 Å². The molecular formula is C42H73NO5S. The fraction of sp³-hybridized carbons (Fsp3) is 0.690. The molecule has 0 aliphatic rings. The first-order valence-corrected chi connectivity index (χ1v) is 21.2. The Bertz CT molecular complexity index is 1040. The number of carbonyl (C=O) groups excluding carboxylic acids is 1. The molecule has 49 heavy (non-hydrogen) atoms. The van der Waals surface area contributed by atoms with E-state index in [1.165, 1.54) is 83.1 Å². The number of amides is 1. The standard InChI is InChI=1S/C42H73NO5S/c1-3-5-7-9-11-13-15-17-18-19-20-21-22-23-24-26-27-29-31-33-35-37-41(44)40(39-49(46,47)48)43-42(45)38-36-34-32-30-28-25-16-14-12-10-8-6-4-2/h6,8,12,14,22-23,25,27-29,35,37,40-41,44H,3-5,7,9-11,13,15-21,24,26,30-34,36,38-39H2,1-2H3,(H,43,45)(H,46,47,48)/b8-6-,14-12-,23-22+,28-25-,29-27+,37-35+. The second-order valence-corrected chi connectivity index (χ2v) is 14.7. The molecule has 0 aliphatic carbocycles. The average Bonchev–Trinajstić information content (AvgIpc) is 3.06. The van der Waals surface area contributed by atoms with Crippen LogP contribution in [0.2, 0.25) is 0 Å². The first-order chi connectivity index (χ1) is 23.8. The van der Waals surface area contributed by atoms with Gasteiger partial charge in [0.15, 0.2) is 0 Å². The maximum absolute atomic E-state index is 12.4. The summed E-state index contributed by atoms with van der Waals surface area (Å²) in [7, 11) is -4.37. The zero-order chi connectivity index (χ0) is 36.1. The summed E-state index contributed by atoms with van der Waals surface area (Å²) >= 11 is 0. The van der Waals surface area contributed by atoms with Gasteiger partial charge in [-0.05, 0) is 77.0 Å². The van der Waals surface area contributed by atoms with E-state index in [-0.39, 0.29) is 12.3 Å². The Morgan fingerprint density at radius 2 is 1.00 bits per heavy atom. The summed E-state index contributed by atoms with van der Waals surface area (Å²) in [6.45, 7) is 4.39. The molecule has 3 N–H and O–H groups in total. The predicted molar refractivity (Wildman–Crippen MR) is 211 cm³/mol. The van der Waals surface area contributed by atoms with Crippen LogP contribution >= 0.6 is 0 Å². The number of rotatable bonds is 34. The van der Waals surface area contributed by atoms with Crippen LogP contribution in [0.25, 0.3) is 0 Å². The van der Waals surface area contributed by atoms with Gasteiger partial charge in [-0.3, -0.25) is 9.35 Å². The van der Waals surface area contributed by atoms with Crippen molar-refractivity contribution in [3.8, 4) is 0 Å². The average molecular weight is 704 g/mol. The highest BCUT2D eigenvalue weighted by molar-refractivity contribution is 7.85. The molecule has 2 unspecified atom stereocenters. The minimum absolute atomic E-state index is 0.246. The number of aliphatic hydroxyl groups excluding tert-OH is 1. The van der Waals surface area contributed by atoms with Crippen LogP contribution in [0.4, 0.5) is 0 Å². The fourth-order valence-corrected chi connectivity index (χ4v) is 6.17. The van der Waals surface area contributed by atoms with Gasteiger partial charge in [0.2, 0.25) is 5.91 Å². The van der Waals surface area contributed by atoms with Crippen LogP contribution in [-0.2, 0) is 14.9 Å². The molecule has 0 fully saturated rings. The number of unbranched alkanes of at least 4 members (excludes halogenated alkanes) is 16. The lowest BCUT2D eigenvalue weighted by atomic mass is 10.1. The van der Waals surface area contributed by atoms with Gasteiger partial charge in [-0.2, -0.15) is 8.42 Å². The largest absolute Gasteiger partial charge is 0.387 e. The van der Waals surface area contributed by atoms with Crippen molar-refractivity contribution in [3.63, 3.8) is 0 Å². The quantitative estimate of drug-likeness (QED) is 0.0351. The zero-order valence-electron chi connectivity index (χ0n) is 31.3. The van der Waals surface area contributed by atoms with Gasteiger partial charge in [-0.25, -0.2) is 0 Å². The third kappa shape index (κ3) is 36.9. The van der Waals surface area contributed by atoms with E-state index in [2.05, 4.69) is 79.9 Å². The van der Waals surface area contributed by atoms with Gasteiger partial charge in [-0.15, -0.1) is 0 Å². The first kappa shape index (κ1) is 46.8. The molecular weight excluding hydrogens is 631 g/mol. The van der Waals surface area contributed by atoms with E-state index in [0.717, 1.165) is 57.8 Å². The smallest absolute Gasteiger partial charge is 0.267 e. The van der Waals surface area contributed by atoms with Crippen LogP contribution in [0, 0.1) is 0 Å². The summed E-state index contributed by atoms with van der Waals surface area (Å²) in [5, 5.41) is 13.1. The van der Waals surface area contributed by atoms with Gasteiger partial charge in [0.05, 0.1) is 17.9 Å². The maximum atomic E-state index is 12.4. The number of aliphatic hydroxyl groups is 1. The lowest BCUT2D eigenvalue weighted by molar-refractivity contribution is -0.122. The Kier molecular flexibility index (Phi) is 34.0. The summed E-state index contributed by atoms with van der Waals surface area (Å²) in [5.74, 6) is -1.06. The molecule has 0 saturated carbocycles. The van der Waals surface area contributed by atoms with Crippen molar-refractivity contribution in [2.24, 2.45) is 0 Å². The summed E-state index contributed by atoms with van der Waals surface area (Å²) in [6.07, 6.45) is 50.4. The molecule has 0 rings (SSSR count). The Morgan fingerprint density at radius 1 is 0.571 bits per heavy atom. The molecule has 0 aromatic carbocycles. The van der Waals surface area contributed by atoms with Gasteiger partial charge in [0.25, 0.3) is 10.1 Å². The van der Waals surface area contributed by atoms with E-state index in [1.54, 1.807) is 6.08 Å². The molecule has 0 bridgehead atoms. The van der Waals surface area contributed by atoms with Crippen molar-refractivity contribution in [1.82, 2.24) is 5.32 Å². The van der Waals surface area contributed by atoms with Crippen LogP contribution in [0.1, 0.15) is 168 Å². The predicted octanol–water partition coefficient (Wildman–Crippen LogP) is 11.5. The molecule has 282 valence electrons. The van der Waals surface area contributed by atoms with Crippen molar-refractivity contribution >= 4 is 16.0 Å². The second kappa shape index (κ2) is 35.6. The molecule has 1 amide bonds. The summed E-state index contributed by atoms with van der Waals surface area (Å²) in [6, 6.07) is -1.10. The van der Waals surface area contributed by atoms with Crippen LogP contribution in [0.15, 0.2) is 72.9 Å². The summed E-state index contributed by atoms with van der Waals surface area (Å²) in [5.41, 5.74) is 0. The molecule has 2 atom stereocenters. The molecule has 0 heterocycles. The molecule has 0 aromatic heterocycles. The van der Waals surface area contributed by atoms with Gasteiger partial charge < -0.3 is 10.4 Å². The Hall–Kier alpha value is -2.22. The van der Waals surface area contributed by atoms with E-state index in [1.807, 2.05) is 0 Å². The van der Waals surface area contributed by atoms with Crippen molar-refractivity contribution < 1.29 is 22.9 Å². The highest BCUT2D eigenvalue weighted by Gasteiger charge is 2.24. The number of hydrogen-bond donors (Lipinski definition) is 3. The minimum atomic E-state index is -4.37. The number of hydrogen-bond acceptors (Lipinski definition) is 4. The summed E-state index contributed by atoms with van der Waals surface area (Å²) < 4.78 is 32.4. The highest BCUT2D eigenvalue weighted by atomic mass is 32.2. The zero-order valence-corrected chi connectivity index (χ0v) is 32.1. The number of allylic oxidation sites excluding steroid dienone is 11. The van der Waals surface area contributed by atoms with E-state index in [0.29, 0.717) is 12.8 Å². The minimum Gasteiger partial charge on any atom is -0.387 e. The fourth-order valence-electron chi connectivity index (χ4n) is 5.44. The van der Waals surface area contributed by atoms with Crippen molar-refractivity contribution in [3.05, 3.63) is 72.9 Å². The second-order valence-electron chi connectivity index (χ2n) is 13.2. The van der Waals surface area contributed by atoms with Gasteiger partial charge in [0, 0.05) is 6.42 Å². The SMILES string of the molecule is CC/C=C\C/C=C\C/C=C\CCCCCC(=O)NC(CS(=O)(=O)O)C(O)/C=C/CC/C=C/CC/C=C/CCCCCCCCCCCCC. The van der Waals surface area contributed by atoms with E-state index < -0.39 is 28.0 Å². The third-order valence-electron chi connectivity index (χ3n) is 8.34. The maximum Gasteiger partial charge on any atom is 0.267 e. The van der Waals surface area contributed by atoms with Gasteiger partial charge in [-0.1, -0.05) is 157 Å². The van der Waals surface area contributed by atoms with E-state index in [4.69, 9.17) is 0 Å². The molecule has 7 heteroatoms. The normalized spacial score (nSPS) is 14.1. The van der Waals surface area contributed by atoms with Crippen molar-refractivity contribution in [1.29, 1.82) is 0 Å². The lowest BCUT2D eigenvalue weighted by Gasteiger charge is -2.21. The van der Waals surface area contributed by atoms with E-state index in [9.17, 15) is 22.9 Å². The first-order valence-electron chi connectivity index (χ1n) is 19.6. The van der Waals surface area contributed by atoms with Crippen LogP contribution in [-0.4, -0.2) is 41.9 Å². The van der Waals surface area contributed by atoms with Crippen molar-refractivity contribution in [2.45, 2.75) is 180 Å².